The predicted molar refractivity (Wildman–Crippen MR) is 100 cm³/mol. The number of benzene rings is 2. The van der Waals surface area contributed by atoms with Crippen LogP contribution in [-0.4, -0.2) is 37.2 Å². The summed E-state index contributed by atoms with van der Waals surface area (Å²) in [5.74, 6) is -0.0719. The zero-order valence-corrected chi connectivity index (χ0v) is 14.9. The summed E-state index contributed by atoms with van der Waals surface area (Å²) in [6.45, 7) is 0.189. The van der Waals surface area contributed by atoms with Gasteiger partial charge in [0.05, 0.1) is 34.9 Å². The summed E-state index contributed by atoms with van der Waals surface area (Å²) < 4.78 is 7.15. The van der Waals surface area contributed by atoms with Crippen molar-refractivity contribution in [3.8, 4) is 0 Å². The van der Waals surface area contributed by atoms with Crippen LogP contribution in [0.1, 0.15) is 16.3 Å². The quantitative estimate of drug-likeness (QED) is 0.534. The van der Waals surface area contributed by atoms with Gasteiger partial charge in [-0.2, -0.15) is 0 Å². The van der Waals surface area contributed by atoms with Gasteiger partial charge in [-0.1, -0.05) is 23.7 Å². The predicted octanol–water partition coefficient (Wildman–Crippen LogP) is 2.98. The molecular weight excluding hydrogens is 368 g/mol. The van der Waals surface area contributed by atoms with Gasteiger partial charge in [0, 0.05) is 11.6 Å². The number of imidazole rings is 1. The largest absolute Gasteiger partial charge is 0.453 e. The highest BCUT2D eigenvalue weighted by Gasteiger charge is 2.15. The number of aliphatic hydroxyl groups is 1. The van der Waals surface area contributed by atoms with Gasteiger partial charge in [0.1, 0.15) is 12.4 Å². The fraction of sp³-hybridized carbons (Fsp3) is 0.158. The lowest BCUT2D eigenvalue weighted by Crippen LogP contribution is -2.12. The average molecular weight is 383 g/mol. The summed E-state index contributed by atoms with van der Waals surface area (Å²) in [4.78, 5) is 25.3. The molecule has 0 saturated carbocycles. The summed E-state index contributed by atoms with van der Waals surface area (Å²) in [5.41, 5.74) is 2.93. The molecule has 4 rings (SSSR count). The number of hydrogen-bond acceptors (Lipinski definition) is 6. The third-order valence-corrected chi connectivity index (χ3v) is 4.34. The van der Waals surface area contributed by atoms with E-state index < -0.39 is 5.97 Å². The van der Waals surface area contributed by atoms with Crippen LogP contribution in [0.4, 0.5) is 0 Å². The molecule has 0 fully saturated rings. The molecule has 0 amide bonds. The molecule has 0 aliphatic heterocycles. The second-order valence-corrected chi connectivity index (χ2v) is 6.29. The lowest BCUT2D eigenvalue weighted by molar-refractivity contribution is 0.0451. The van der Waals surface area contributed by atoms with E-state index in [0.717, 1.165) is 5.52 Å². The van der Waals surface area contributed by atoms with Crippen molar-refractivity contribution in [2.45, 2.75) is 13.2 Å². The van der Waals surface area contributed by atoms with E-state index in [1.165, 1.54) is 6.20 Å². The van der Waals surface area contributed by atoms with E-state index in [-0.39, 0.29) is 18.9 Å². The zero-order chi connectivity index (χ0) is 18.8. The Balaban J connectivity index is 1.58. The molecule has 136 valence electrons. The van der Waals surface area contributed by atoms with Crippen LogP contribution in [0.15, 0.2) is 48.7 Å². The van der Waals surface area contributed by atoms with Crippen LogP contribution in [-0.2, 0) is 17.9 Å². The third-order valence-electron chi connectivity index (χ3n) is 4.10. The summed E-state index contributed by atoms with van der Waals surface area (Å²) >= 11 is 6.05. The molecule has 4 aromatic rings. The Kier molecular flexibility index (Phi) is 4.70. The molecule has 2 aromatic heterocycles. The maximum atomic E-state index is 12.4. The van der Waals surface area contributed by atoms with Gasteiger partial charge in [-0.3, -0.25) is 4.98 Å². The summed E-state index contributed by atoms with van der Waals surface area (Å²) in [5, 5.41) is 9.91. The minimum atomic E-state index is -0.589. The Labute approximate surface area is 159 Å². The Morgan fingerprint density at radius 1 is 1.11 bits per heavy atom. The van der Waals surface area contributed by atoms with Gasteiger partial charge < -0.3 is 14.4 Å². The van der Waals surface area contributed by atoms with Gasteiger partial charge >= 0.3 is 5.97 Å². The van der Waals surface area contributed by atoms with Crippen molar-refractivity contribution in [3.63, 3.8) is 0 Å². The number of para-hydroxylation sites is 2. The standard InChI is InChI=1S/C19H15ClN4O3/c20-12-5-6-15-17(9-12)24(7-8-25)18(23-15)11-27-19(26)16-10-21-13-3-1-2-4-14(13)22-16/h1-6,9-10,25H,7-8,11H2. The number of fused-ring (bicyclic) bond motifs is 2. The molecule has 2 heterocycles. The van der Waals surface area contributed by atoms with E-state index in [0.29, 0.717) is 33.9 Å². The number of nitrogens with zero attached hydrogens (tertiary/aromatic N) is 4. The summed E-state index contributed by atoms with van der Waals surface area (Å²) in [7, 11) is 0. The molecule has 27 heavy (non-hydrogen) atoms. The number of halogens is 1. The highest BCUT2D eigenvalue weighted by molar-refractivity contribution is 6.31. The van der Waals surface area contributed by atoms with Crippen LogP contribution < -0.4 is 0 Å². The molecule has 2 aromatic carbocycles. The van der Waals surface area contributed by atoms with Crippen molar-refractivity contribution in [1.29, 1.82) is 0 Å². The van der Waals surface area contributed by atoms with E-state index in [1.54, 1.807) is 28.8 Å². The van der Waals surface area contributed by atoms with Gasteiger partial charge in [0.2, 0.25) is 0 Å². The molecule has 0 bridgehead atoms. The van der Waals surface area contributed by atoms with E-state index >= 15 is 0 Å². The topological polar surface area (TPSA) is 90.1 Å². The summed E-state index contributed by atoms with van der Waals surface area (Å²) in [6.07, 6.45) is 1.39. The third kappa shape index (κ3) is 3.47. The minimum absolute atomic E-state index is 0.0559. The maximum Gasteiger partial charge on any atom is 0.359 e. The van der Waals surface area contributed by atoms with Crippen LogP contribution in [0.5, 0.6) is 0 Å². The second-order valence-electron chi connectivity index (χ2n) is 5.86. The molecule has 0 unspecified atom stereocenters. The van der Waals surface area contributed by atoms with E-state index in [4.69, 9.17) is 16.3 Å². The van der Waals surface area contributed by atoms with Gasteiger partial charge in [-0.15, -0.1) is 0 Å². The molecule has 0 saturated heterocycles. The number of ether oxygens (including phenoxy) is 1. The molecule has 0 atom stereocenters. The number of aliphatic hydroxyl groups excluding tert-OH is 1. The minimum Gasteiger partial charge on any atom is -0.453 e. The van der Waals surface area contributed by atoms with Crippen molar-refractivity contribution in [2.75, 3.05) is 6.61 Å². The van der Waals surface area contributed by atoms with Crippen molar-refractivity contribution in [3.05, 3.63) is 65.2 Å². The Hall–Kier alpha value is -3.03. The van der Waals surface area contributed by atoms with E-state index in [2.05, 4.69) is 15.0 Å². The molecule has 7 nitrogen and oxygen atoms in total. The van der Waals surface area contributed by atoms with Crippen molar-refractivity contribution in [1.82, 2.24) is 19.5 Å². The molecule has 1 N–H and O–H groups in total. The Morgan fingerprint density at radius 3 is 2.74 bits per heavy atom. The molecule has 8 heteroatoms. The van der Waals surface area contributed by atoms with Crippen molar-refractivity contribution < 1.29 is 14.6 Å². The Bertz CT molecular complexity index is 1140. The highest BCUT2D eigenvalue weighted by atomic mass is 35.5. The van der Waals surface area contributed by atoms with Gasteiger partial charge in [0.25, 0.3) is 0 Å². The van der Waals surface area contributed by atoms with Crippen molar-refractivity contribution in [2.24, 2.45) is 0 Å². The molecule has 0 aliphatic rings. The van der Waals surface area contributed by atoms with Crippen LogP contribution in [0.2, 0.25) is 5.02 Å². The van der Waals surface area contributed by atoms with E-state index in [9.17, 15) is 9.90 Å². The first-order valence-electron chi connectivity index (χ1n) is 8.30. The normalized spacial score (nSPS) is 11.2. The first-order chi connectivity index (χ1) is 13.2. The average Bonchev–Trinajstić information content (AvgIpc) is 3.03. The fourth-order valence-electron chi connectivity index (χ4n) is 2.87. The van der Waals surface area contributed by atoms with Gasteiger partial charge in [-0.05, 0) is 30.3 Å². The smallest absolute Gasteiger partial charge is 0.359 e. The lowest BCUT2D eigenvalue weighted by Gasteiger charge is -2.08. The SMILES string of the molecule is O=C(OCc1nc2ccc(Cl)cc2n1CCO)c1cnc2ccccc2n1. The van der Waals surface area contributed by atoms with Gasteiger partial charge in [-0.25, -0.2) is 14.8 Å². The van der Waals surface area contributed by atoms with Crippen LogP contribution >= 0.6 is 11.6 Å². The first-order valence-corrected chi connectivity index (χ1v) is 8.68. The Morgan fingerprint density at radius 2 is 1.93 bits per heavy atom. The lowest BCUT2D eigenvalue weighted by atomic mass is 10.3. The summed E-state index contributed by atoms with van der Waals surface area (Å²) in [6, 6.07) is 12.6. The molecule has 0 spiro atoms. The first kappa shape index (κ1) is 17.4. The molecule has 0 aliphatic carbocycles. The van der Waals surface area contributed by atoms with E-state index in [1.807, 2.05) is 18.2 Å². The molecular formula is C19H15ClN4O3. The maximum absolute atomic E-state index is 12.4. The second kappa shape index (κ2) is 7.30. The number of carbonyl (C=O) groups is 1. The number of carbonyl (C=O) groups excluding carboxylic acids is 1. The monoisotopic (exact) mass is 382 g/mol. The molecule has 0 radical (unpaired) electrons. The number of rotatable bonds is 5. The van der Waals surface area contributed by atoms with Gasteiger partial charge in [0.15, 0.2) is 5.69 Å². The fourth-order valence-corrected chi connectivity index (χ4v) is 3.03. The number of hydrogen-bond donors (Lipinski definition) is 1. The number of aromatic nitrogens is 4. The van der Waals surface area contributed by atoms with Crippen LogP contribution in [0, 0.1) is 0 Å². The highest BCUT2D eigenvalue weighted by Crippen LogP contribution is 2.21. The van der Waals surface area contributed by atoms with Crippen LogP contribution in [0.25, 0.3) is 22.1 Å². The van der Waals surface area contributed by atoms with Crippen LogP contribution in [0.3, 0.4) is 0 Å². The zero-order valence-electron chi connectivity index (χ0n) is 14.2. The number of esters is 1. The van der Waals surface area contributed by atoms with Crippen molar-refractivity contribution >= 4 is 39.6 Å².